The SMILES string of the molecule is O=C1CCN(C(=O)C2(c3ccccc3)C=CC=CC2)CC1. The first-order valence-electron chi connectivity index (χ1n) is 7.43. The van der Waals surface area contributed by atoms with Crippen LogP contribution in [0.1, 0.15) is 24.8 Å². The van der Waals surface area contributed by atoms with Gasteiger partial charge in [0.15, 0.2) is 0 Å². The fraction of sp³-hybridized carbons (Fsp3) is 0.333. The third-order valence-electron chi connectivity index (χ3n) is 4.35. The van der Waals surface area contributed by atoms with Crippen molar-refractivity contribution in [3.63, 3.8) is 0 Å². The number of carbonyl (C=O) groups is 2. The molecule has 108 valence electrons. The van der Waals surface area contributed by atoms with Gasteiger partial charge in [-0.1, -0.05) is 54.6 Å². The summed E-state index contributed by atoms with van der Waals surface area (Å²) in [5.74, 6) is 0.369. The normalized spacial score (nSPS) is 25.1. The number of carbonyl (C=O) groups excluding carboxylic acids is 2. The van der Waals surface area contributed by atoms with Crippen LogP contribution in [0.2, 0.25) is 0 Å². The van der Waals surface area contributed by atoms with E-state index < -0.39 is 5.41 Å². The number of Topliss-reactive ketones (excluding diaryl/α,β-unsaturated/α-hetero) is 1. The van der Waals surface area contributed by atoms with E-state index >= 15 is 0 Å². The second kappa shape index (κ2) is 5.68. The van der Waals surface area contributed by atoms with Gasteiger partial charge in [-0.05, 0) is 12.0 Å². The van der Waals surface area contributed by atoms with Crippen molar-refractivity contribution in [2.75, 3.05) is 13.1 Å². The van der Waals surface area contributed by atoms with Gasteiger partial charge in [0.05, 0.1) is 5.41 Å². The van der Waals surface area contributed by atoms with Crippen LogP contribution >= 0.6 is 0 Å². The van der Waals surface area contributed by atoms with Crippen LogP contribution in [0.5, 0.6) is 0 Å². The number of rotatable bonds is 2. The third-order valence-corrected chi connectivity index (χ3v) is 4.35. The zero-order valence-electron chi connectivity index (χ0n) is 12.0. The van der Waals surface area contributed by atoms with Crippen molar-refractivity contribution >= 4 is 11.7 Å². The molecule has 3 nitrogen and oxygen atoms in total. The van der Waals surface area contributed by atoms with Crippen LogP contribution in [0, 0.1) is 0 Å². The average Bonchev–Trinajstić information content (AvgIpc) is 2.56. The Morgan fingerprint density at radius 1 is 1.05 bits per heavy atom. The Morgan fingerprint density at radius 2 is 1.76 bits per heavy atom. The maximum absolute atomic E-state index is 13.1. The summed E-state index contributed by atoms with van der Waals surface area (Å²) in [7, 11) is 0. The average molecular weight is 281 g/mol. The highest BCUT2D eigenvalue weighted by Gasteiger charge is 2.41. The minimum atomic E-state index is -0.615. The Hall–Kier alpha value is -2.16. The fourth-order valence-electron chi connectivity index (χ4n) is 3.09. The van der Waals surface area contributed by atoms with Crippen molar-refractivity contribution in [2.24, 2.45) is 0 Å². The lowest BCUT2D eigenvalue weighted by Crippen LogP contribution is -2.49. The molecular formula is C18H19NO2. The van der Waals surface area contributed by atoms with E-state index in [0.717, 1.165) is 5.56 Å². The summed E-state index contributed by atoms with van der Waals surface area (Å²) in [4.78, 5) is 26.4. The number of amides is 1. The van der Waals surface area contributed by atoms with Gasteiger partial charge in [0.2, 0.25) is 5.91 Å². The maximum Gasteiger partial charge on any atom is 0.237 e. The first-order valence-corrected chi connectivity index (χ1v) is 7.43. The topological polar surface area (TPSA) is 37.4 Å². The van der Waals surface area contributed by atoms with Crippen LogP contribution in [-0.2, 0) is 15.0 Å². The molecule has 1 amide bonds. The van der Waals surface area contributed by atoms with Crippen LogP contribution in [0.25, 0.3) is 0 Å². The molecule has 0 saturated carbocycles. The molecule has 1 atom stereocenters. The Balaban J connectivity index is 1.93. The predicted molar refractivity (Wildman–Crippen MR) is 81.8 cm³/mol. The molecule has 1 aliphatic heterocycles. The van der Waals surface area contributed by atoms with Crippen molar-refractivity contribution in [3.8, 4) is 0 Å². The van der Waals surface area contributed by atoms with Gasteiger partial charge in [-0.15, -0.1) is 0 Å². The lowest BCUT2D eigenvalue weighted by atomic mass is 9.74. The molecule has 0 radical (unpaired) electrons. The monoisotopic (exact) mass is 281 g/mol. The predicted octanol–water partition coefficient (Wildman–Crippen LogP) is 2.63. The summed E-state index contributed by atoms with van der Waals surface area (Å²) in [6.45, 7) is 1.09. The zero-order chi connectivity index (χ0) is 14.7. The van der Waals surface area contributed by atoms with E-state index in [-0.39, 0.29) is 11.7 Å². The van der Waals surface area contributed by atoms with Crippen molar-refractivity contribution < 1.29 is 9.59 Å². The van der Waals surface area contributed by atoms with Crippen LogP contribution in [-0.4, -0.2) is 29.7 Å². The van der Waals surface area contributed by atoms with Gasteiger partial charge in [0.25, 0.3) is 0 Å². The number of hydrogen-bond acceptors (Lipinski definition) is 2. The largest absolute Gasteiger partial charge is 0.341 e. The molecule has 0 spiro atoms. The smallest absolute Gasteiger partial charge is 0.237 e. The number of hydrogen-bond donors (Lipinski definition) is 0. The fourth-order valence-corrected chi connectivity index (χ4v) is 3.09. The number of allylic oxidation sites excluding steroid dienone is 3. The summed E-state index contributed by atoms with van der Waals surface area (Å²) in [5, 5.41) is 0. The van der Waals surface area contributed by atoms with Crippen molar-refractivity contribution in [2.45, 2.75) is 24.7 Å². The summed E-state index contributed by atoms with van der Waals surface area (Å²) in [6.07, 6.45) is 9.61. The molecule has 1 unspecified atom stereocenters. The lowest BCUT2D eigenvalue weighted by molar-refractivity contribution is -0.138. The van der Waals surface area contributed by atoms with Gasteiger partial charge in [-0.3, -0.25) is 9.59 Å². The molecule has 0 aromatic heterocycles. The standard InChI is InChI=1S/C18H19NO2/c20-16-9-13-19(14-10-16)17(21)18(11-5-2-6-12-18)15-7-3-1-4-8-15/h1-8,11H,9-10,12-14H2. The molecule has 1 heterocycles. The van der Waals surface area contributed by atoms with Crippen molar-refractivity contribution in [1.29, 1.82) is 0 Å². The van der Waals surface area contributed by atoms with Gasteiger partial charge in [-0.25, -0.2) is 0 Å². The molecule has 1 aliphatic carbocycles. The summed E-state index contributed by atoms with van der Waals surface area (Å²) >= 11 is 0. The number of nitrogens with zero attached hydrogens (tertiary/aromatic N) is 1. The second-order valence-electron chi connectivity index (χ2n) is 5.66. The number of benzene rings is 1. The highest BCUT2D eigenvalue weighted by Crippen LogP contribution is 2.35. The van der Waals surface area contributed by atoms with Crippen LogP contribution in [0.4, 0.5) is 0 Å². The van der Waals surface area contributed by atoms with Crippen LogP contribution < -0.4 is 0 Å². The van der Waals surface area contributed by atoms with Crippen molar-refractivity contribution in [3.05, 3.63) is 60.2 Å². The van der Waals surface area contributed by atoms with Gasteiger partial charge in [0.1, 0.15) is 5.78 Å². The third kappa shape index (κ3) is 2.56. The highest BCUT2D eigenvalue weighted by molar-refractivity contribution is 5.92. The lowest BCUT2D eigenvalue weighted by Gasteiger charge is -2.37. The van der Waals surface area contributed by atoms with E-state index in [1.807, 2.05) is 59.5 Å². The minimum absolute atomic E-state index is 0.113. The van der Waals surface area contributed by atoms with E-state index in [1.165, 1.54) is 0 Å². The summed E-state index contributed by atoms with van der Waals surface area (Å²) in [5.41, 5.74) is 0.406. The molecule has 1 fully saturated rings. The van der Waals surface area contributed by atoms with Crippen molar-refractivity contribution in [1.82, 2.24) is 4.90 Å². The summed E-state index contributed by atoms with van der Waals surface area (Å²) in [6, 6.07) is 9.92. The van der Waals surface area contributed by atoms with E-state index in [1.54, 1.807) is 0 Å². The Kier molecular flexibility index (Phi) is 3.74. The Morgan fingerprint density at radius 3 is 2.38 bits per heavy atom. The first-order chi connectivity index (χ1) is 10.2. The molecule has 1 aromatic carbocycles. The van der Waals surface area contributed by atoms with E-state index in [9.17, 15) is 9.59 Å². The molecule has 21 heavy (non-hydrogen) atoms. The van der Waals surface area contributed by atoms with Gasteiger partial charge < -0.3 is 4.90 Å². The molecular weight excluding hydrogens is 262 g/mol. The van der Waals surface area contributed by atoms with Crippen LogP contribution in [0.15, 0.2) is 54.6 Å². The molecule has 3 heteroatoms. The maximum atomic E-state index is 13.1. The highest BCUT2D eigenvalue weighted by atomic mass is 16.2. The molecule has 0 N–H and O–H groups in total. The van der Waals surface area contributed by atoms with E-state index in [0.29, 0.717) is 32.4 Å². The number of piperidine rings is 1. The number of ketones is 1. The quantitative estimate of drug-likeness (QED) is 0.835. The van der Waals surface area contributed by atoms with E-state index in [2.05, 4.69) is 0 Å². The molecule has 1 saturated heterocycles. The molecule has 2 aliphatic rings. The second-order valence-corrected chi connectivity index (χ2v) is 5.66. The van der Waals surface area contributed by atoms with Gasteiger partial charge in [0, 0.05) is 25.9 Å². The van der Waals surface area contributed by atoms with E-state index in [4.69, 9.17) is 0 Å². The first kappa shape index (κ1) is 13.8. The van der Waals surface area contributed by atoms with Crippen LogP contribution in [0.3, 0.4) is 0 Å². The molecule has 0 bridgehead atoms. The van der Waals surface area contributed by atoms with Gasteiger partial charge in [-0.2, -0.15) is 0 Å². The number of likely N-dealkylation sites (tertiary alicyclic amines) is 1. The summed E-state index contributed by atoms with van der Waals surface area (Å²) < 4.78 is 0. The molecule has 1 aromatic rings. The Labute approximate surface area is 125 Å². The zero-order valence-corrected chi connectivity index (χ0v) is 12.0. The minimum Gasteiger partial charge on any atom is -0.341 e. The Bertz CT molecular complexity index is 593. The molecule has 3 rings (SSSR count). The van der Waals surface area contributed by atoms with Gasteiger partial charge >= 0.3 is 0 Å².